The number of carbonyl (C=O) groups excluding carboxylic acids is 1. The molecule has 3 rings (SSSR count). The van der Waals surface area contributed by atoms with E-state index in [2.05, 4.69) is 0 Å². The van der Waals surface area contributed by atoms with Crippen molar-refractivity contribution in [2.45, 2.75) is 12.8 Å². The standard InChI is InChI=1S/C10H9O.C5H5.Fe/c11-10-7-3-6-9(10)8-4-1-2-5-8;1-2-4-5-3-1;/h1-2,4-6H,3,7H2;1-5H;/q;;+2. The van der Waals surface area contributed by atoms with Gasteiger partial charge in [0.15, 0.2) is 5.78 Å². The quantitative estimate of drug-likeness (QED) is 0.667. The van der Waals surface area contributed by atoms with E-state index in [-0.39, 0.29) is 22.9 Å². The molecule has 1 nitrogen and oxygen atoms in total. The Morgan fingerprint density at radius 2 is 1.35 bits per heavy atom. The second-order valence-electron chi connectivity index (χ2n) is 3.72. The van der Waals surface area contributed by atoms with Gasteiger partial charge in [0.1, 0.15) is 0 Å². The van der Waals surface area contributed by atoms with Crippen LogP contribution < -0.4 is 0 Å². The summed E-state index contributed by atoms with van der Waals surface area (Å²) in [7, 11) is 0. The molecule has 86 valence electrons. The van der Waals surface area contributed by atoms with Crippen LogP contribution in [0.5, 0.6) is 0 Å². The molecule has 2 saturated carbocycles. The van der Waals surface area contributed by atoms with Crippen molar-refractivity contribution >= 4 is 5.78 Å². The Bertz CT molecular complexity index is 252. The number of carbonyl (C=O) groups is 1. The van der Waals surface area contributed by atoms with Gasteiger partial charge in [-0.25, -0.2) is 0 Å². The predicted octanol–water partition coefficient (Wildman–Crippen LogP) is 2.70. The van der Waals surface area contributed by atoms with Gasteiger partial charge in [-0.05, 0) is 69.8 Å². The maximum absolute atomic E-state index is 11.2. The number of rotatable bonds is 1. The van der Waals surface area contributed by atoms with E-state index in [1.165, 1.54) is 0 Å². The molecule has 0 bridgehead atoms. The van der Waals surface area contributed by atoms with Crippen LogP contribution in [0.25, 0.3) is 0 Å². The van der Waals surface area contributed by atoms with Crippen LogP contribution in [-0.4, -0.2) is 5.78 Å². The van der Waals surface area contributed by atoms with Gasteiger partial charge in [-0.1, -0.05) is 6.08 Å². The molecule has 0 atom stereocenters. The molecule has 0 heterocycles. The smallest absolute Gasteiger partial charge is 0.295 e. The molecule has 3 aliphatic carbocycles. The first kappa shape index (κ1) is 15.0. The molecule has 0 saturated heterocycles. The largest absolute Gasteiger partial charge is 2.00 e. The third-order valence-electron chi connectivity index (χ3n) is 2.55. The fourth-order valence-electron chi connectivity index (χ4n) is 1.75. The molecule has 3 aliphatic rings. The second-order valence-corrected chi connectivity index (χ2v) is 3.72. The van der Waals surface area contributed by atoms with Crippen LogP contribution >= 0.6 is 0 Å². The Hall–Kier alpha value is -0.0705. The molecular formula is C15H14FeO+2. The summed E-state index contributed by atoms with van der Waals surface area (Å²) in [5, 5.41) is 0. The molecule has 0 amide bonds. The molecule has 0 aliphatic heterocycles. The third kappa shape index (κ3) is 4.60. The normalized spacial score (nSPS) is 24.0. The van der Waals surface area contributed by atoms with Crippen molar-refractivity contribution in [3.05, 3.63) is 75.4 Å². The van der Waals surface area contributed by atoms with Crippen molar-refractivity contribution in [1.29, 1.82) is 0 Å². The summed E-state index contributed by atoms with van der Waals surface area (Å²) < 4.78 is 0. The predicted molar refractivity (Wildman–Crippen MR) is 64.3 cm³/mol. The number of hydrogen-bond acceptors (Lipinski definition) is 1. The van der Waals surface area contributed by atoms with Crippen LogP contribution in [0.15, 0.2) is 11.6 Å². The number of ketones is 1. The molecule has 2 heteroatoms. The molecule has 0 aromatic carbocycles. The molecule has 0 aromatic rings. The Morgan fingerprint density at radius 3 is 1.76 bits per heavy atom. The van der Waals surface area contributed by atoms with Crippen LogP contribution in [-0.2, 0) is 21.9 Å². The van der Waals surface area contributed by atoms with Crippen LogP contribution in [0.1, 0.15) is 12.8 Å². The fraction of sp³-hybridized carbons (Fsp3) is 0.133. The Kier molecular flexibility index (Phi) is 7.15. The van der Waals surface area contributed by atoms with Gasteiger partial charge in [0.05, 0.1) is 0 Å². The van der Waals surface area contributed by atoms with Gasteiger partial charge in [0.25, 0.3) is 0 Å². The average Bonchev–Trinajstić information content (AvgIpc) is 3.02. The summed E-state index contributed by atoms with van der Waals surface area (Å²) in [5.41, 5.74) is 0.912. The Morgan fingerprint density at radius 1 is 0.824 bits per heavy atom. The van der Waals surface area contributed by atoms with Gasteiger partial charge in [0, 0.05) is 12.3 Å². The zero-order valence-electron chi connectivity index (χ0n) is 9.45. The van der Waals surface area contributed by atoms with Crippen molar-refractivity contribution in [1.82, 2.24) is 0 Å². The minimum Gasteiger partial charge on any atom is -0.295 e. The first-order valence-corrected chi connectivity index (χ1v) is 5.50. The summed E-state index contributed by atoms with van der Waals surface area (Å²) in [6.07, 6.45) is 21.5. The van der Waals surface area contributed by atoms with Crippen molar-refractivity contribution in [3.63, 3.8) is 0 Å². The Labute approximate surface area is 116 Å². The number of hydrogen-bond donors (Lipinski definition) is 0. The second kappa shape index (κ2) is 8.11. The minimum absolute atomic E-state index is 0. The van der Waals surface area contributed by atoms with E-state index in [0.717, 1.165) is 17.9 Å². The monoisotopic (exact) mass is 266 g/mol. The molecule has 0 aromatic heterocycles. The van der Waals surface area contributed by atoms with E-state index < -0.39 is 0 Å². The van der Waals surface area contributed by atoms with Crippen LogP contribution in [0.3, 0.4) is 0 Å². The van der Waals surface area contributed by atoms with Gasteiger partial charge in [-0.15, -0.1) is 0 Å². The molecule has 0 N–H and O–H groups in total. The van der Waals surface area contributed by atoms with Crippen LogP contribution in [0, 0.1) is 63.7 Å². The first-order valence-electron chi connectivity index (χ1n) is 5.50. The van der Waals surface area contributed by atoms with Gasteiger partial charge in [-0.3, -0.25) is 4.79 Å². The number of allylic oxidation sites excluding steroid dienone is 2. The van der Waals surface area contributed by atoms with E-state index >= 15 is 0 Å². The summed E-state index contributed by atoms with van der Waals surface area (Å²) in [6.45, 7) is 0. The SMILES string of the molecule is O=C1CCC=C1[C]1[CH][CH][CH][CH]1.[CH]1[CH][CH][CH][CH]1.[Fe+2]. The van der Waals surface area contributed by atoms with E-state index in [1.54, 1.807) is 0 Å². The maximum atomic E-state index is 11.2. The summed E-state index contributed by atoms with van der Waals surface area (Å²) in [4.78, 5) is 11.2. The van der Waals surface area contributed by atoms with Gasteiger partial charge < -0.3 is 0 Å². The molecule has 0 spiro atoms. The zero-order chi connectivity index (χ0) is 11.2. The Balaban J connectivity index is 0.000000205. The summed E-state index contributed by atoms with van der Waals surface area (Å²) in [6, 6.07) is 0. The topological polar surface area (TPSA) is 17.1 Å². The van der Waals surface area contributed by atoms with Crippen LogP contribution in [0.4, 0.5) is 0 Å². The first-order chi connectivity index (χ1) is 7.88. The maximum Gasteiger partial charge on any atom is 2.00 e. The van der Waals surface area contributed by atoms with E-state index in [4.69, 9.17) is 0 Å². The molecular weight excluding hydrogens is 252 g/mol. The van der Waals surface area contributed by atoms with Crippen LogP contribution in [0.2, 0.25) is 0 Å². The van der Waals surface area contributed by atoms with Crippen molar-refractivity contribution in [3.8, 4) is 0 Å². The van der Waals surface area contributed by atoms with E-state index in [0.29, 0.717) is 6.42 Å². The molecule has 0 unspecified atom stereocenters. The summed E-state index contributed by atoms with van der Waals surface area (Å²) >= 11 is 0. The molecule has 17 heavy (non-hydrogen) atoms. The summed E-state index contributed by atoms with van der Waals surface area (Å²) in [5.74, 6) is 1.36. The van der Waals surface area contributed by atoms with Crippen molar-refractivity contribution in [2.24, 2.45) is 0 Å². The van der Waals surface area contributed by atoms with Crippen molar-refractivity contribution < 1.29 is 21.9 Å². The molecule has 10 radical (unpaired) electrons. The minimum atomic E-state index is 0. The third-order valence-corrected chi connectivity index (χ3v) is 2.55. The van der Waals surface area contributed by atoms with Gasteiger partial charge in [0.2, 0.25) is 0 Å². The van der Waals surface area contributed by atoms with Gasteiger partial charge >= 0.3 is 17.1 Å². The average molecular weight is 266 g/mol. The fourth-order valence-corrected chi connectivity index (χ4v) is 1.75. The van der Waals surface area contributed by atoms with Crippen molar-refractivity contribution in [2.75, 3.05) is 0 Å². The van der Waals surface area contributed by atoms with E-state index in [1.807, 2.05) is 63.9 Å². The zero-order valence-corrected chi connectivity index (χ0v) is 10.6. The molecule has 2 fully saturated rings. The van der Waals surface area contributed by atoms with E-state index in [9.17, 15) is 4.79 Å². The van der Waals surface area contributed by atoms with Gasteiger partial charge in [-0.2, -0.15) is 0 Å². The number of Topliss-reactive ketones (excluding diaryl/α,β-unsaturated/α-hetero) is 1.